The fourth-order valence-electron chi connectivity index (χ4n) is 1.67. The molecule has 1 aromatic heterocycles. The summed E-state index contributed by atoms with van der Waals surface area (Å²) in [4.78, 5) is 29.3. The van der Waals surface area contributed by atoms with E-state index in [2.05, 4.69) is 15.3 Å². The van der Waals surface area contributed by atoms with Gasteiger partial charge in [0.1, 0.15) is 11.7 Å². The van der Waals surface area contributed by atoms with Crippen LogP contribution in [0, 0.1) is 0 Å². The zero-order chi connectivity index (χ0) is 13.7. The molecule has 1 amide bonds. The van der Waals surface area contributed by atoms with Crippen molar-refractivity contribution in [3.63, 3.8) is 0 Å². The van der Waals surface area contributed by atoms with Gasteiger partial charge < -0.3 is 15.4 Å². The van der Waals surface area contributed by atoms with E-state index in [1.165, 1.54) is 12.5 Å². The number of H-pyrrole nitrogens is 1. The highest BCUT2D eigenvalue weighted by Gasteiger charge is 2.21. The second kappa shape index (κ2) is 5.81. The number of nitrogens with one attached hydrogen (secondary N) is 2. The standard InChI is InChI=1S/C13H13N3O3/c17-12(11-7-14-8-15-11)16-10(13(18)19)6-9-4-2-1-3-5-9/h1-5,7-8,10H,6H2,(H,14,15)(H,16,17)(H,18,19). The van der Waals surface area contributed by atoms with Crippen molar-refractivity contribution in [2.75, 3.05) is 0 Å². The number of carboxylic acids is 1. The lowest BCUT2D eigenvalue weighted by Gasteiger charge is -2.13. The lowest BCUT2D eigenvalue weighted by Crippen LogP contribution is -2.42. The lowest BCUT2D eigenvalue weighted by molar-refractivity contribution is -0.139. The number of nitrogens with zero attached hydrogens (tertiary/aromatic N) is 1. The lowest BCUT2D eigenvalue weighted by atomic mass is 10.1. The molecule has 0 spiro atoms. The zero-order valence-electron chi connectivity index (χ0n) is 10.0. The molecule has 2 rings (SSSR count). The minimum atomic E-state index is -1.07. The molecule has 19 heavy (non-hydrogen) atoms. The van der Waals surface area contributed by atoms with Gasteiger partial charge in [0.15, 0.2) is 0 Å². The van der Waals surface area contributed by atoms with Crippen LogP contribution < -0.4 is 5.32 Å². The van der Waals surface area contributed by atoms with Crippen molar-refractivity contribution >= 4 is 11.9 Å². The van der Waals surface area contributed by atoms with Crippen molar-refractivity contribution in [3.8, 4) is 0 Å². The van der Waals surface area contributed by atoms with Gasteiger partial charge in [0.25, 0.3) is 5.91 Å². The Kier molecular flexibility index (Phi) is 3.92. The highest BCUT2D eigenvalue weighted by Crippen LogP contribution is 2.04. The van der Waals surface area contributed by atoms with Gasteiger partial charge >= 0.3 is 5.97 Å². The average Bonchev–Trinajstić information content (AvgIpc) is 2.93. The molecule has 1 atom stereocenters. The summed E-state index contributed by atoms with van der Waals surface area (Å²) in [6.45, 7) is 0. The van der Waals surface area contributed by atoms with Gasteiger partial charge in [0, 0.05) is 6.42 Å². The van der Waals surface area contributed by atoms with E-state index in [9.17, 15) is 9.59 Å². The summed E-state index contributed by atoms with van der Waals surface area (Å²) >= 11 is 0. The number of carboxylic acid groups (broad SMARTS) is 1. The van der Waals surface area contributed by atoms with Crippen LogP contribution in [-0.4, -0.2) is 33.0 Å². The van der Waals surface area contributed by atoms with Gasteiger partial charge in [-0.1, -0.05) is 30.3 Å². The van der Waals surface area contributed by atoms with Crippen LogP contribution in [0.15, 0.2) is 42.9 Å². The normalized spacial score (nSPS) is 11.8. The maximum atomic E-state index is 11.8. The molecule has 0 aliphatic carbocycles. The predicted octanol–water partition coefficient (Wildman–Crippen LogP) is 0.835. The Labute approximate surface area is 109 Å². The monoisotopic (exact) mass is 259 g/mol. The summed E-state index contributed by atoms with van der Waals surface area (Å²) in [6.07, 6.45) is 2.94. The molecule has 1 heterocycles. The van der Waals surface area contributed by atoms with E-state index in [0.29, 0.717) is 0 Å². The number of hydrogen-bond donors (Lipinski definition) is 3. The van der Waals surface area contributed by atoms with Gasteiger partial charge in [-0.3, -0.25) is 4.79 Å². The summed E-state index contributed by atoms with van der Waals surface area (Å²) < 4.78 is 0. The van der Waals surface area contributed by atoms with Crippen molar-refractivity contribution in [1.82, 2.24) is 15.3 Å². The molecule has 0 aliphatic heterocycles. The van der Waals surface area contributed by atoms with Gasteiger partial charge in [-0.2, -0.15) is 0 Å². The molecule has 6 heteroatoms. The third kappa shape index (κ3) is 3.41. The van der Waals surface area contributed by atoms with Crippen LogP contribution in [0.5, 0.6) is 0 Å². The number of amides is 1. The molecule has 1 aromatic carbocycles. The highest BCUT2D eigenvalue weighted by molar-refractivity contribution is 5.94. The van der Waals surface area contributed by atoms with Crippen LogP contribution in [0.3, 0.4) is 0 Å². The van der Waals surface area contributed by atoms with Gasteiger partial charge in [-0.15, -0.1) is 0 Å². The summed E-state index contributed by atoms with van der Waals surface area (Å²) in [7, 11) is 0. The summed E-state index contributed by atoms with van der Waals surface area (Å²) in [5.74, 6) is -1.56. The van der Waals surface area contributed by atoms with Crippen molar-refractivity contribution in [2.45, 2.75) is 12.5 Å². The third-order valence-electron chi connectivity index (χ3n) is 2.63. The Hall–Kier alpha value is -2.63. The Balaban J connectivity index is 2.05. The van der Waals surface area contributed by atoms with E-state index in [1.807, 2.05) is 30.3 Å². The maximum Gasteiger partial charge on any atom is 0.326 e. The summed E-state index contributed by atoms with van der Waals surface area (Å²) in [5.41, 5.74) is 1.08. The molecule has 0 aliphatic rings. The first kappa shape index (κ1) is 12.8. The van der Waals surface area contributed by atoms with E-state index in [4.69, 9.17) is 5.11 Å². The molecule has 0 bridgehead atoms. The fraction of sp³-hybridized carbons (Fsp3) is 0.154. The number of benzene rings is 1. The third-order valence-corrected chi connectivity index (χ3v) is 2.63. The SMILES string of the molecule is O=C(NC(Cc1ccccc1)C(=O)O)c1cnc[nH]1. The fourth-order valence-corrected chi connectivity index (χ4v) is 1.67. The van der Waals surface area contributed by atoms with Crippen LogP contribution in [-0.2, 0) is 11.2 Å². The molecular formula is C13H13N3O3. The second-order valence-corrected chi connectivity index (χ2v) is 4.02. The molecule has 1 unspecified atom stereocenters. The number of imidazole rings is 1. The molecule has 0 fully saturated rings. The topological polar surface area (TPSA) is 95.1 Å². The molecule has 0 saturated heterocycles. The average molecular weight is 259 g/mol. The minimum absolute atomic E-state index is 0.232. The molecule has 0 saturated carbocycles. The Morgan fingerprint density at radius 3 is 2.63 bits per heavy atom. The first-order valence-electron chi connectivity index (χ1n) is 5.73. The molecule has 0 radical (unpaired) electrons. The van der Waals surface area contributed by atoms with Crippen molar-refractivity contribution in [3.05, 3.63) is 54.1 Å². The Morgan fingerprint density at radius 1 is 1.32 bits per heavy atom. The number of hydrogen-bond acceptors (Lipinski definition) is 3. The highest BCUT2D eigenvalue weighted by atomic mass is 16.4. The second-order valence-electron chi connectivity index (χ2n) is 4.02. The van der Waals surface area contributed by atoms with Crippen LogP contribution in [0.4, 0.5) is 0 Å². The van der Waals surface area contributed by atoms with Gasteiger partial charge in [-0.05, 0) is 5.56 Å². The van der Waals surface area contributed by atoms with Crippen LogP contribution in [0.25, 0.3) is 0 Å². The predicted molar refractivity (Wildman–Crippen MR) is 67.6 cm³/mol. The Bertz CT molecular complexity index is 552. The summed E-state index contributed by atoms with van der Waals surface area (Å²) in [6, 6.07) is 8.16. The number of aliphatic carboxylic acids is 1. The number of carbonyl (C=O) groups is 2. The summed E-state index contributed by atoms with van der Waals surface area (Å²) in [5, 5.41) is 11.6. The number of aromatic amines is 1. The molecule has 98 valence electrons. The number of aromatic nitrogens is 2. The van der Waals surface area contributed by atoms with E-state index in [1.54, 1.807) is 0 Å². The van der Waals surface area contributed by atoms with E-state index in [-0.39, 0.29) is 12.1 Å². The number of carbonyl (C=O) groups excluding carboxylic acids is 1. The van der Waals surface area contributed by atoms with Crippen LogP contribution in [0.2, 0.25) is 0 Å². The van der Waals surface area contributed by atoms with E-state index >= 15 is 0 Å². The molecule has 3 N–H and O–H groups in total. The van der Waals surface area contributed by atoms with E-state index < -0.39 is 17.9 Å². The van der Waals surface area contributed by atoms with Gasteiger partial charge in [0.2, 0.25) is 0 Å². The van der Waals surface area contributed by atoms with Crippen LogP contribution >= 0.6 is 0 Å². The van der Waals surface area contributed by atoms with E-state index in [0.717, 1.165) is 5.56 Å². The maximum absolute atomic E-state index is 11.8. The quantitative estimate of drug-likeness (QED) is 0.741. The number of rotatable bonds is 5. The molecule has 2 aromatic rings. The Morgan fingerprint density at radius 2 is 2.05 bits per heavy atom. The van der Waals surface area contributed by atoms with Crippen molar-refractivity contribution < 1.29 is 14.7 Å². The zero-order valence-corrected chi connectivity index (χ0v) is 10.0. The molecule has 6 nitrogen and oxygen atoms in total. The van der Waals surface area contributed by atoms with Crippen molar-refractivity contribution in [2.24, 2.45) is 0 Å². The molecular weight excluding hydrogens is 246 g/mol. The smallest absolute Gasteiger partial charge is 0.326 e. The van der Waals surface area contributed by atoms with Crippen LogP contribution in [0.1, 0.15) is 16.1 Å². The largest absolute Gasteiger partial charge is 0.480 e. The minimum Gasteiger partial charge on any atom is -0.480 e. The van der Waals surface area contributed by atoms with Crippen molar-refractivity contribution in [1.29, 1.82) is 0 Å². The first-order valence-corrected chi connectivity index (χ1v) is 5.73. The van der Waals surface area contributed by atoms with Gasteiger partial charge in [-0.25, -0.2) is 9.78 Å². The van der Waals surface area contributed by atoms with Gasteiger partial charge in [0.05, 0.1) is 12.5 Å². The first-order chi connectivity index (χ1) is 9.16.